The summed E-state index contributed by atoms with van der Waals surface area (Å²) in [6.07, 6.45) is 0. The molecule has 0 spiro atoms. The number of aromatic nitrogens is 1. The molecular formula is C26H24N2O8S. The van der Waals surface area contributed by atoms with E-state index in [4.69, 9.17) is 14.2 Å². The molecule has 1 aliphatic heterocycles. The van der Waals surface area contributed by atoms with Gasteiger partial charge in [-0.25, -0.2) is 9.78 Å². The van der Waals surface area contributed by atoms with Crippen LogP contribution in [0.5, 0.6) is 17.2 Å². The Bertz CT molecular complexity index is 1430. The summed E-state index contributed by atoms with van der Waals surface area (Å²) in [4.78, 5) is 44.6. The fraction of sp³-hybridized carbons (Fsp3) is 0.231. The highest BCUT2D eigenvalue weighted by Crippen LogP contribution is 2.45. The second kappa shape index (κ2) is 10.3. The molecule has 0 aliphatic carbocycles. The van der Waals surface area contributed by atoms with Gasteiger partial charge in [-0.1, -0.05) is 29.5 Å². The van der Waals surface area contributed by atoms with E-state index in [0.717, 1.165) is 16.2 Å². The Labute approximate surface area is 216 Å². The van der Waals surface area contributed by atoms with E-state index in [1.165, 1.54) is 32.4 Å². The molecule has 1 fully saturated rings. The summed E-state index contributed by atoms with van der Waals surface area (Å²) in [5.74, 6) is -2.50. The monoisotopic (exact) mass is 524 g/mol. The summed E-state index contributed by atoms with van der Waals surface area (Å²) in [5.41, 5.74) is 0.758. The van der Waals surface area contributed by atoms with E-state index in [2.05, 4.69) is 4.98 Å². The number of ether oxygens (including phenoxy) is 3. The number of hydrogen-bond acceptors (Lipinski definition) is 10. The van der Waals surface area contributed by atoms with Gasteiger partial charge in [0.1, 0.15) is 16.4 Å². The van der Waals surface area contributed by atoms with Gasteiger partial charge >= 0.3 is 11.9 Å². The second-order valence-electron chi connectivity index (χ2n) is 7.96. The molecule has 1 aliphatic rings. The van der Waals surface area contributed by atoms with E-state index in [-0.39, 0.29) is 32.6 Å². The summed E-state index contributed by atoms with van der Waals surface area (Å²) in [6, 6.07) is 9.69. The van der Waals surface area contributed by atoms with Crippen molar-refractivity contribution in [3.05, 3.63) is 69.7 Å². The van der Waals surface area contributed by atoms with Crippen molar-refractivity contribution in [3.8, 4) is 17.2 Å². The van der Waals surface area contributed by atoms with E-state index >= 15 is 0 Å². The van der Waals surface area contributed by atoms with Crippen LogP contribution in [0.3, 0.4) is 0 Å². The normalized spacial score (nSPS) is 16.6. The summed E-state index contributed by atoms with van der Waals surface area (Å²) < 4.78 is 15.5. The number of nitrogens with zero attached hydrogens (tertiary/aromatic N) is 2. The third-order valence-corrected chi connectivity index (χ3v) is 6.88. The number of esters is 1. The second-order valence-corrected chi connectivity index (χ2v) is 8.94. The highest BCUT2D eigenvalue weighted by molar-refractivity contribution is 7.17. The quantitative estimate of drug-likeness (QED) is 0.204. The first-order valence-electron chi connectivity index (χ1n) is 11.2. The number of aromatic hydroxyl groups is 1. The van der Waals surface area contributed by atoms with Crippen molar-refractivity contribution < 1.29 is 38.8 Å². The highest BCUT2D eigenvalue weighted by atomic mass is 32.1. The zero-order chi connectivity index (χ0) is 26.9. The number of methoxy groups -OCH3 is 2. The molecule has 3 aromatic rings. The Balaban J connectivity index is 1.95. The molecule has 1 unspecified atom stereocenters. The summed E-state index contributed by atoms with van der Waals surface area (Å²) >= 11 is 0.888. The van der Waals surface area contributed by atoms with Gasteiger partial charge in [0.25, 0.3) is 5.78 Å². The van der Waals surface area contributed by atoms with E-state index < -0.39 is 29.5 Å². The average molecular weight is 525 g/mol. The zero-order valence-corrected chi connectivity index (χ0v) is 21.3. The van der Waals surface area contributed by atoms with Crippen LogP contribution in [0.15, 0.2) is 48.0 Å². The van der Waals surface area contributed by atoms with Gasteiger partial charge in [0.15, 0.2) is 16.6 Å². The van der Waals surface area contributed by atoms with Gasteiger partial charge < -0.3 is 24.4 Å². The maximum Gasteiger partial charge on any atom is 0.350 e. The minimum Gasteiger partial charge on any atom is -0.507 e. The lowest BCUT2D eigenvalue weighted by atomic mass is 9.95. The molecule has 4 rings (SSSR count). The number of carbonyl (C=O) groups is 3. The van der Waals surface area contributed by atoms with E-state index in [0.29, 0.717) is 23.6 Å². The average Bonchev–Trinajstić information content (AvgIpc) is 3.40. The third kappa shape index (κ3) is 4.60. The van der Waals surface area contributed by atoms with Crippen molar-refractivity contribution in [2.75, 3.05) is 25.7 Å². The molecule has 1 saturated heterocycles. The number of aryl methyl sites for hydroxylation is 1. The number of aliphatic hydroxyl groups excluding tert-OH is 1. The van der Waals surface area contributed by atoms with Crippen LogP contribution in [0, 0.1) is 6.92 Å². The van der Waals surface area contributed by atoms with E-state index in [9.17, 15) is 24.6 Å². The first-order chi connectivity index (χ1) is 17.7. The lowest BCUT2D eigenvalue weighted by Crippen LogP contribution is -2.29. The van der Waals surface area contributed by atoms with Gasteiger partial charge in [-0.15, -0.1) is 0 Å². The molecule has 2 aromatic carbocycles. The van der Waals surface area contributed by atoms with Crippen LogP contribution < -0.4 is 14.4 Å². The number of rotatable bonds is 7. The predicted octanol–water partition coefficient (Wildman–Crippen LogP) is 3.98. The number of hydrogen-bond donors (Lipinski definition) is 2. The molecule has 11 heteroatoms. The van der Waals surface area contributed by atoms with Gasteiger partial charge in [-0.2, -0.15) is 0 Å². The minimum atomic E-state index is -1.14. The maximum absolute atomic E-state index is 13.4. The fourth-order valence-corrected chi connectivity index (χ4v) is 5.04. The predicted molar refractivity (Wildman–Crippen MR) is 135 cm³/mol. The van der Waals surface area contributed by atoms with Crippen LogP contribution in [0.4, 0.5) is 5.13 Å². The Morgan fingerprint density at radius 3 is 2.59 bits per heavy atom. The van der Waals surface area contributed by atoms with Crippen LogP contribution in [0.25, 0.3) is 5.76 Å². The van der Waals surface area contributed by atoms with Crippen molar-refractivity contribution in [1.29, 1.82) is 0 Å². The van der Waals surface area contributed by atoms with Crippen LogP contribution in [-0.4, -0.2) is 53.7 Å². The van der Waals surface area contributed by atoms with Crippen molar-refractivity contribution in [3.63, 3.8) is 0 Å². The molecule has 0 radical (unpaired) electrons. The van der Waals surface area contributed by atoms with Crippen LogP contribution >= 0.6 is 11.3 Å². The molecule has 1 amide bonds. The number of amides is 1. The van der Waals surface area contributed by atoms with Gasteiger partial charge in [-0.05, 0) is 43.7 Å². The van der Waals surface area contributed by atoms with Crippen molar-refractivity contribution in [2.24, 2.45) is 0 Å². The number of aliphatic hydroxyl groups is 1. The molecular weight excluding hydrogens is 500 g/mol. The van der Waals surface area contributed by atoms with Crippen LogP contribution in [0.2, 0.25) is 0 Å². The Morgan fingerprint density at radius 2 is 1.92 bits per heavy atom. The van der Waals surface area contributed by atoms with Gasteiger partial charge in [0.2, 0.25) is 0 Å². The van der Waals surface area contributed by atoms with Crippen LogP contribution in [-0.2, 0) is 14.3 Å². The Kier molecular flexibility index (Phi) is 7.16. The molecule has 0 bridgehead atoms. The number of benzene rings is 2. The molecule has 192 valence electrons. The lowest BCUT2D eigenvalue weighted by molar-refractivity contribution is -0.132. The maximum atomic E-state index is 13.4. The highest BCUT2D eigenvalue weighted by Gasteiger charge is 2.48. The van der Waals surface area contributed by atoms with Gasteiger partial charge in [0.05, 0.1) is 38.1 Å². The fourth-order valence-electron chi connectivity index (χ4n) is 4.03. The zero-order valence-electron chi connectivity index (χ0n) is 20.5. The molecule has 1 aromatic heterocycles. The molecule has 1 atom stereocenters. The number of Topliss-reactive ketones (excluding diaryl/α,β-unsaturated/α-hetero) is 1. The smallest absolute Gasteiger partial charge is 0.350 e. The topological polar surface area (TPSA) is 135 Å². The molecule has 0 saturated carbocycles. The van der Waals surface area contributed by atoms with Gasteiger partial charge in [0, 0.05) is 5.56 Å². The standard InChI is InChI=1S/C26H24N2O8S/c1-5-36-16-8-6-7-15(11-16)21(30)19-20(14-9-10-17(29)18(12-14)34-3)28(24(32)22(19)31)26-27-13(2)23(37-26)25(33)35-4/h6-12,20,29-30H,5H2,1-4H3. The number of ketones is 1. The Hall–Kier alpha value is -4.38. The van der Waals surface area contributed by atoms with E-state index in [1.807, 2.05) is 6.92 Å². The van der Waals surface area contributed by atoms with Crippen molar-refractivity contribution >= 4 is 39.9 Å². The number of phenols is 1. The van der Waals surface area contributed by atoms with Crippen molar-refractivity contribution in [2.45, 2.75) is 19.9 Å². The molecule has 37 heavy (non-hydrogen) atoms. The third-order valence-electron chi connectivity index (χ3n) is 5.74. The van der Waals surface area contributed by atoms with Crippen LogP contribution in [0.1, 0.15) is 39.5 Å². The number of phenolic OH excluding ortho intramolecular Hbond substituents is 1. The molecule has 2 heterocycles. The number of anilines is 1. The van der Waals surface area contributed by atoms with Crippen molar-refractivity contribution in [1.82, 2.24) is 4.98 Å². The minimum absolute atomic E-state index is 0.0687. The molecule has 10 nitrogen and oxygen atoms in total. The molecule has 2 N–H and O–H groups in total. The van der Waals surface area contributed by atoms with E-state index in [1.54, 1.807) is 31.2 Å². The largest absolute Gasteiger partial charge is 0.507 e. The van der Waals surface area contributed by atoms with Gasteiger partial charge in [-0.3, -0.25) is 14.5 Å². The summed E-state index contributed by atoms with van der Waals surface area (Å²) in [7, 11) is 2.59. The SMILES string of the molecule is CCOc1cccc(C(O)=C2C(=O)C(=O)N(c3nc(C)c(C(=O)OC)s3)C2c2ccc(O)c(OC)c2)c1. The number of carbonyl (C=O) groups excluding carboxylic acids is 3. The number of thiazole rings is 1. The summed E-state index contributed by atoms with van der Waals surface area (Å²) in [5, 5.41) is 21.5. The Morgan fingerprint density at radius 1 is 1.16 bits per heavy atom. The first kappa shape index (κ1) is 25.7. The first-order valence-corrected chi connectivity index (χ1v) is 12.0. The summed E-state index contributed by atoms with van der Waals surface area (Å²) in [6.45, 7) is 3.80. The lowest BCUT2D eigenvalue weighted by Gasteiger charge is -2.23.